The van der Waals surface area contributed by atoms with Gasteiger partial charge in [-0.1, -0.05) is 54.4 Å². The lowest BCUT2D eigenvalue weighted by molar-refractivity contribution is 0.102. The molecule has 0 aliphatic carbocycles. The Kier molecular flexibility index (Phi) is 8.41. The number of phenols is 1. The van der Waals surface area contributed by atoms with E-state index in [0.717, 1.165) is 0 Å². The highest BCUT2D eigenvalue weighted by Crippen LogP contribution is 2.41. The summed E-state index contributed by atoms with van der Waals surface area (Å²) in [5.74, 6) is -0.676. The standard InChI is InChI=1S/C27H23Cl2N3O6S/c1-3-15-12-24(39(35,36)37)22(14-20(15)28)31-32-25-18-8-6-5-7-16(18)11-19(26(25)33)27(34)30-17-9-10-23(38-4-2)21(29)13-17/h5-14,33H,3-4H2,1-2H3,(H,30,34)(H,35,36,37). The van der Waals surface area contributed by atoms with Crippen molar-refractivity contribution in [3.8, 4) is 11.5 Å². The number of carbonyl (C=O) groups is 1. The van der Waals surface area contributed by atoms with Gasteiger partial charge in [-0.05, 0) is 60.7 Å². The van der Waals surface area contributed by atoms with Crippen molar-refractivity contribution in [3.63, 3.8) is 0 Å². The average Bonchev–Trinajstić information content (AvgIpc) is 2.88. The van der Waals surface area contributed by atoms with E-state index >= 15 is 0 Å². The molecule has 0 unspecified atom stereocenters. The summed E-state index contributed by atoms with van der Waals surface area (Å²) in [5, 5.41) is 23.4. The predicted molar refractivity (Wildman–Crippen MR) is 151 cm³/mol. The monoisotopic (exact) mass is 587 g/mol. The molecule has 0 saturated carbocycles. The zero-order valence-corrected chi connectivity index (χ0v) is 23.1. The van der Waals surface area contributed by atoms with Crippen LogP contribution in [-0.4, -0.2) is 30.6 Å². The molecule has 4 rings (SSSR count). The summed E-state index contributed by atoms with van der Waals surface area (Å²) in [6.45, 7) is 4.02. The third-order valence-electron chi connectivity index (χ3n) is 5.77. The molecule has 0 heterocycles. The minimum atomic E-state index is -4.67. The van der Waals surface area contributed by atoms with E-state index in [9.17, 15) is 22.9 Å². The molecule has 4 aromatic carbocycles. The largest absolute Gasteiger partial charge is 0.505 e. The lowest BCUT2D eigenvalue weighted by Gasteiger charge is -2.12. The summed E-state index contributed by atoms with van der Waals surface area (Å²) in [6, 6.07) is 15.5. The average molecular weight is 588 g/mol. The van der Waals surface area contributed by atoms with Gasteiger partial charge in [-0.25, -0.2) is 0 Å². The molecule has 0 spiro atoms. The number of hydrogen-bond acceptors (Lipinski definition) is 7. The maximum absolute atomic E-state index is 13.2. The van der Waals surface area contributed by atoms with Crippen LogP contribution in [0.2, 0.25) is 10.0 Å². The number of aromatic hydroxyl groups is 1. The Balaban J connectivity index is 1.79. The molecule has 4 aromatic rings. The molecule has 0 fully saturated rings. The van der Waals surface area contributed by atoms with Crippen LogP contribution in [0.4, 0.5) is 17.1 Å². The van der Waals surface area contributed by atoms with E-state index in [1.54, 1.807) is 43.3 Å². The summed E-state index contributed by atoms with van der Waals surface area (Å²) < 4.78 is 39.2. The lowest BCUT2D eigenvalue weighted by atomic mass is 10.0. The second kappa shape index (κ2) is 11.6. The van der Waals surface area contributed by atoms with Crippen molar-refractivity contribution in [2.45, 2.75) is 25.2 Å². The molecule has 9 nitrogen and oxygen atoms in total. The van der Waals surface area contributed by atoms with Crippen LogP contribution < -0.4 is 10.1 Å². The van der Waals surface area contributed by atoms with Crippen LogP contribution in [0, 0.1) is 0 Å². The number of ether oxygens (including phenoxy) is 1. The van der Waals surface area contributed by atoms with Gasteiger partial charge in [-0.3, -0.25) is 9.35 Å². The van der Waals surface area contributed by atoms with E-state index < -0.39 is 26.7 Å². The molecule has 0 atom stereocenters. The fraction of sp³-hybridized carbons (Fsp3) is 0.148. The molecule has 0 radical (unpaired) electrons. The molecule has 1 amide bonds. The van der Waals surface area contributed by atoms with Gasteiger partial charge in [-0.15, -0.1) is 10.2 Å². The van der Waals surface area contributed by atoms with Gasteiger partial charge in [0.25, 0.3) is 16.0 Å². The Morgan fingerprint density at radius 1 is 1.00 bits per heavy atom. The van der Waals surface area contributed by atoms with Gasteiger partial charge in [0.05, 0.1) is 17.2 Å². The van der Waals surface area contributed by atoms with Crippen LogP contribution >= 0.6 is 23.2 Å². The molecular weight excluding hydrogens is 565 g/mol. The first-order chi connectivity index (χ1) is 18.5. The van der Waals surface area contributed by atoms with Crippen LogP contribution in [0.5, 0.6) is 11.5 Å². The minimum absolute atomic E-state index is 0.0834. The van der Waals surface area contributed by atoms with Gasteiger partial charge in [0.15, 0.2) is 5.75 Å². The molecule has 3 N–H and O–H groups in total. The summed E-state index contributed by atoms with van der Waals surface area (Å²) >= 11 is 12.5. The van der Waals surface area contributed by atoms with Crippen molar-refractivity contribution in [1.29, 1.82) is 0 Å². The molecule has 0 saturated heterocycles. The van der Waals surface area contributed by atoms with Gasteiger partial charge in [0, 0.05) is 16.1 Å². The fourth-order valence-electron chi connectivity index (χ4n) is 3.89. The number of rotatable bonds is 8. The first-order valence-electron chi connectivity index (χ1n) is 11.7. The van der Waals surface area contributed by atoms with Crippen LogP contribution in [-0.2, 0) is 16.5 Å². The van der Waals surface area contributed by atoms with Crippen LogP contribution in [0.25, 0.3) is 10.8 Å². The Hall–Kier alpha value is -3.70. The SMILES string of the molecule is CCOc1ccc(NC(=O)c2cc3ccccc3c(N=Nc3cc(Cl)c(CC)cc3S(=O)(=O)O)c2O)cc1Cl. The molecule has 0 aliphatic rings. The maximum atomic E-state index is 13.2. The lowest BCUT2D eigenvalue weighted by Crippen LogP contribution is -2.12. The van der Waals surface area contributed by atoms with E-state index in [1.165, 1.54) is 24.3 Å². The Morgan fingerprint density at radius 2 is 1.74 bits per heavy atom. The molecule has 202 valence electrons. The number of nitrogens with one attached hydrogen (secondary N) is 1. The highest BCUT2D eigenvalue weighted by molar-refractivity contribution is 7.86. The Bertz CT molecular complexity index is 1720. The van der Waals surface area contributed by atoms with Crippen molar-refractivity contribution in [2.75, 3.05) is 11.9 Å². The number of halogens is 2. The first-order valence-corrected chi connectivity index (χ1v) is 13.9. The molecule has 39 heavy (non-hydrogen) atoms. The van der Waals surface area contributed by atoms with Crippen molar-refractivity contribution >= 4 is 67.1 Å². The fourth-order valence-corrected chi connectivity index (χ4v) is 5.07. The highest BCUT2D eigenvalue weighted by Gasteiger charge is 2.21. The number of nitrogens with zero attached hydrogens (tertiary/aromatic N) is 2. The van der Waals surface area contributed by atoms with E-state index in [0.29, 0.717) is 45.8 Å². The Labute approximate surface area is 234 Å². The molecule has 0 bridgehead atoms. The van der Waals surface area contributed by atoms with E-state index in [-0.39, 0.29) is 22.0 Å². The van der Waals surface area contributed by atoms with Crippen LogP contribution in [0.15, 0.2) is 75.8 Å². The van der Waals surface area contributed by atoms with E-state index in [4.69, 9.17) is 27.9 Å². The number of carbonyl (C=O) groups excluding carboxylic acids is 1. The normalized spacial score (nSPS) is 11.7. The topological polar surface area (TPSA) is 138 Å². The number of azo groups is 1. The molecular formula is C27H23Cl2N3O6S. The third-order valence-corrected chi connectivity index (χ3v) is 7.30. The van der Waals surface area contributed by atoms with Gasteiger partial charge < -0.3 is 15.2 Å². The van der Waals surface area contributed by atoms with Crippen LogP contribution in [0.1, 0.15) is 29.8 Å². The Morgan fingerprint density at radius 3 is 2.41 bits per heavy atom. The summed E-state index contributed by atoms with van der Waals surface area (Å²) in [6.07, 6.45) is 0.418. The van der Waals surface area contributed by atoms with Gasteiger partial charge in [0.1, 0.15) is 22.0 Å². The van der Waals surface area contributed by atoms with E-state index in [1.807, 2.05) is 6.92 Å². The summed E-state index contributed by atoms with van der Waals surface area (Å²) in [4.78, 5) is 12.7. The van der Waals surface area contributed by atoms with E-state index in [2.05, 4.69) is 15.5 Å². The number of amides is 1. The summed E-state index contributed by atoms with van der Waals surface area (Å²) in [7, 11) is -4.67. The zero-order valence-electron chi connectivity index (χ0n) is 20.8. The summed E-state index contributed by atoms with van der Waals surface area (Å²) in [5.41, 5.74) is 0.432. The minimum Gasteiger partial charge on any atom is -0.505 e. The number of anilines is 1. The van der Waals surface area contributed by atoms with Gasteiger partial charge in [-0.2, -0.15) is 8.42 Å². The second-order valence-electron chi connectivity index (χ2n) is 8.31. The third kappa shape index (κ3) is 6.15. The highest BCUT2D eigenvalue weighted by atomic mass is 35.5. The van der Waals surface area contributed by atoms with Crippen molar-refractivity contribution in [3.05, 3.63) is 81.8 Å². The smallest absolute Gasteiger partial charge is 0.296 e. The number of aryl methyl sites for hydroxylation is 1. The molecule has 12 heteroatoms. The van der Waals surface area contributed by atoms with Gasteiger partial charge in [0.2, 0.25) is 0 Å². The maximum Gasteiger partial charge on any atom is 0.296 e. The van der Waals surface area contributed by atoms with Crippen molar-refractivity contribution < 1.29 is 27.6 Å². The second-order valence-corrected chi connectivity index (χ2v) is 10.5. The number of fused-ring (bicyclic) bond motifs is 1. The number of hydrogen-bond donors (Lipinski definition) is 3. The first kappa shape index (κ1) is 28.3. The van der Waals surface area contributed by atoms with Crippen LogP contribution in [0.3, 0.4) is 0 Å². The number of phenolic OH excluding ortho intramolecular Hbond substituents is 1. The molecule has 0 aromatic heterocycles. The molecule has 0 aliphatic heterocycles. The quantitative estimate of drug-likeness (QED) is 0.142. The number of benzene rings is 4. The van der Waals surface area contributed by atoms with Crippen molar-refractivity contribution in [1.82, 2.24) is 0 Å². The predicted octanol–water partition coefficient (Wildman–Crippen LogP) is 7.73. The van der Waals surface area contributed by atoms with Gasteiger partial charge >= 0.3 is 0 Å². The van der Waals surface area contributed by atoms with Crippen molar-refractivity contribution in [2.24, 2.45) is 10.2 Å². The zero-order chi connectivity index (χ0) is 28.3.